The second-order valence-electron chi connectivity index (χ2n) is 3.30. The molecule has 0 unspecified atom stereocenters. The quantitative estimate of drug-likeness (QED) is 0.807. The minimum absolute atomic E-state index is 0.0673. The predicted molar refractivity (Wildman–Crippen MR) is 63.2 cm³/mol. The van der Waals surface area contributed by atoms with E-state index >= 15 is 0 Å². The maximum Gasteiger partial charge on any atom is 0.307 e. The van der Waals surface area contributed by atoms with E-state index in [-0.39, 0.29) is 10.4 Å². The minimum Gasteiger partial charge on any atom is -0.399 e. The molecule has 1 heterocycles. The SMILES string of the molecule is Nc1ccc(C(F)(F)c2ccc(Cl)s2)cc1. The lowest BCUT2D eigenvalue weighted by Crippen LogP contribution is -2.13. The zero-order valence-electron chi connectivity index (χ0n) is 8.08. The first-order valence-corrected chi connectivity index (χ1v) is 5.69. The summed E-state index contributed by atoms with van der Waals surface area (Å²) in [4.78, 5) is -0.0673. The second kappa shape index (κ2) is 4.03. The van der Waals surface area contributed by atoms with Crippen molar-refractivity contribution in [3.8, 4) is 0 Å². The molecule has 1 nitrogen and oxygen atoms in total. The van der Waals surface area contributed by atoms with Gasteiger partial charge in [0.15, 0.2) is 0 Å². The zero-order valence-corrected chi connectivity index (χ0v) is 9.66. The molecule has 16 heavy (non-hydrogen) atoms. The highest BCUT2D eigenvalue weighted by Gasteiger charge is 2.35. The number of rotatable bonds is 2. The second-order valence-corrected chi connectivity index (χ2v) is 5.02. The first kappa shape index (κ1) is 11.4. The van der Waals surface area contributed by atoms with Crippen LogP contribution in [0.15, 0.2) is 36.4 Å². The Morgan fingerprint density at radius 1 is 1.06 bits per heavy atom. The van der Waals surface area contributed by atoms with Gasteiger partial charge in [-0.1, -0.05) is 23.7 Å². The molecule has 2 N–H and O–H groups in total. The summed E-state index contributed by atoms with van der Waals surface area (Å²) in [5, 5.41) is 0. The number of alkyl halides is 2. The Labute approximate surface area is 100 Å². The van der Waals surface area contributed by atoms with Gasteiger partial charge < -0.3 is 5.73 Å². The van der Waals surface area contributed by atoms with E-state index in [0.29, 0.717) is 10.0 Å². The maximum absolute atomic E-state index is 13.9. The summed E-state index contributed by atoms with van der Waals surface area (Å²) in [5.41, 5.74) is 5.83. The summed E-state index contributed by atoms with van der Waals surface area (Å²) in [6, 6.07) is 8.36. The normalized spacial score (nSPS) is 11.7. The fraction of sp³-hybridized carbons (Fsp3) is 0.0909. The summed E-state index contributed by atoms with van der Waals surface area (Å²) in [6.07, 6.45) is 0. The van der Waals surface area contributed by atoms with Crippen LogP contribution in [-0.2, 0) is 5.92 Å². The molecular formula is C11H8ClF2NS. The first-order valence-electron chi connectivity index (χ1n) is 4.50. The van der Waals surface area contributed by atoms with Crippen molar-refractivity contribution in [2.24, 2.45) is 0 Å². The van der Waals surface area contributed by atoms with Crippen molar-refractivity contribution in [1.29, 1.82) is 0 Å². The Hall–Kier alpha value is -1.13. The lowest BCUT2D eigenvalue weighted by Gasteiger charge is -2.14. The van der Waals surface area contributed by atoms with Gasteiger partial charge in [-0.25, -0.2) is 0 Å². The van der Waals surface area contributed by atoms with Gasteiger partial charge in [0.2, 0.25) is 0 Å². The van der Waals surface area contributed by atoms with Crippen molar-refractivity contribution < 1.29 is 8.78 Å². The fourth-order valence-corrected chi connectivity index (χ4v) is 2.36. The number of hydrogen-bond acceptors (Lipinski definition) is 2. The molecule has 0 amide bonds. The Bertz CT molecular complexity index is 493. The zero-order chi connectivity index (χ0) is 11.8. The highest BCUT2D eigenvalue weighted by Crippen LogP contribution is 2.40. The van der Waals surface area contributed by atoms with Crippen LogP contribution in [0.2, 0.25) is 4.34 Å². The molecule has 0 atom stereocenters. The van der Waals surface area contributed by atoms with Gasteiger partial charge in [0.25, 0.3) is 0 Å². The number of thiophene rings is 1. The van der Waals surface area contributed by atoms with E-state index in [4.69, 9.17) is 17.3 Å². The number of anilines is 1. The van der Waals surface area contributed by atoms with E-state index in [9.17, 15) is 8.78 Å². The average Bonchev–Trinajstić information content (AvgIpc) is 2.66. The van der Waals surface area contributed by atoms with E-state index in [1.807, 2.05) is 0 Å². The van der Waals surface area contributed by atoms with Crippen LogP contribution in [0, 0.1) is 0 Å². The van der Waals surface area contributed by atoms with E-state index in [1.54, 1.807) is 0 Å². The van der Waals surface area contributed by atoms with E-state index in [1.165, 1.54) is 36.4 Å². The lowest BCUT2D eigenvalue weighted by atomic mass is 10.1. The van der Waals surface area contributed by atoms with Crippen LogP contribution in [-0.4, -0.2) is 0 Å². The van der Waals surface area contributed by atoms with Gasteiger partial charge in [-0.15, -0.1) is 11.3 Å². The number of benzene rings is 1. The first-order chi connectivity index (χ1) is 7.50. The number of halogens is 3. The molecular weight excluding hydrogens is 252 g/mol. The van der Waals surface area contributed by atoms with Crippen molar-refractivity contribution in [2.75, 3.05) is 5.73 Å². The molecule has 0 aliphatic rings. The van der Waals surface area contributed by atoms with Crippen LogP contribution in [0.25, 0.3) is 0 Å². The van der Waals surface area contributed by atoms with Crippen LogP contribution < -0.4 is 5.73 Å². The maximum atomic E-state index is 13.9. The van der Waals surface area contributed by atoms with Crippen LogP contribution >= 0.6 is 22.9 Å². The molecule has 0 saturated heterocycles. The Morgan fingerprint density at radius 3 is 2.19 bits per heavy atom. The largest absolute Gasteiger partial charge is 0.399 e. The summed E-state index contributed by atoms with van der Waals surface area (Å²) in [5.74, 6) is -3.02. The molecule has 0 saturated carbocycles. The number of nitrogens with two attached hydrogens (primary N) is 1. The highest BCUT2D eigenvalue weighted by molar-refractivity contribution is 7.16. The van der Waals surface area contributed by atoms with E-state index < -0.39 is 5.92 Å². The summed E-state index contributed by atoms with van der Waals surface area (Å²) < 4.78 is 28.2. The third-order valence-electron chi connectivity index (χ3n) is 2.16. The van der Waals surface area contributed by atoms with Crippen molar-refractivity contribution >= 4 is 28.6 Å². The number of hydrogen-bond donors (Lipinski definition) is 1. The Balaban J connectivity index is 2.42. The molecule has 5 heteroatoms. The topological polar surface area (TPSA) is 26.0 Å². The molecule has 84 valence electrons. The molecule has 0 radical (unpaired) electrons. The van der Waals surface area contributed by atoms with Gasteiger partial charge in [-0.3, -0.25) is 0 Å². The van der Waals surface area contributed by atoms with Gasteiger partial charge >= 0.3 is 5.92 Å². The third kappa shape index (κ3) is 2.03. The van der Waals surface area contributed by atoms with Gasteiger partial charge in [0, 0.05) is 11.3 Å². The van der Waals surface area contributed by atoms with Crippen molar-refractivity contribution in [2.45, 2.75) is 5.92 Å². The van der Waals surface area contributed by atoms with E-state index in [0.717, 1.165) is 11.3 Å². The molecule has 0 bridgehead atoms. The molecule has 0 aliphatic carbocycles. The van der Waals surface area contributed by atoms with Gasteiger partial charge in [-0.2, -0.15) is 8.78 Å². The minimum atomic E-state index is -3.02. The molecule has 0 spiro atoms. The highest BCUT2D eigenvalue weighted by atomic mass is 35.5. The fourth-order valence-electron chi connectivity index (χ4n) is 1.32. The molecule has 1 aromatic carbocycles. The van der Waals surface area contributed by atoms with Crippen molar-refractivity contribution in [1.82, 2.24) is 0 Å². The van der Waals surface area contributed by atoms with Gasteiger partial charge in [0.1, 0.15) is 0 Å². The molecule has 0 aliphatic heterocycles. The van der Waals surface area contributed by atoms with Gasteiger partial charge in [-0.05, 0) is 24.3 Å². The van der Waals surface area contributed by atoms with Crippen LogP contribution in [0.5, 0.6) is 0 Å². The predicted octanol–water partition coefficient (Wildman–Crippen LogP) is 4.12. The van der Waals surface area contributed by atoms with Crippen molar-refractivity contribution in [3.63, 3.8) is 0 Å². The monoisotopic (exact) mass is 259 g/mol. The summed E-state index contributed by atoms with van der Waals surface area (Å²) >= 11 is 6.52. The van der Waals surface area contributed by atoms with Crippen LogP contribution in [0.1, 0.15) is 10.4 Å². The lowest BCUT2D eigenvalue weighted by molar-refractivity contribution is 0.0470. The molecule has 2 rings (SSSR count). The van der Waals surface area contributed by atoms with Crippen molar-refractivity contribution in [3.05, 3.63) is 51.2 Å². The Kier molecular flexibility index (Phi) is 2.86. The summed E-state index contributed by atoms with van der Waals surface area (Å²) in [7, 11) is 0. The molecule has 2 aromatic rings. The average molecular weight is 260 g/mol. The third-order valence-corrected chi connectivity index (χ3v) is 3.46. The van der Waals surface area contributed by atoms with Gasteiger partial charge in [0.05, 0.1) is 9.21 Å². The standard InChI is InChI=1S/C11H8ClF2NS/c12-10-6-5-9(16-10)11(13,14)7-1-3-8(15)4-2-7/h1-6H,15H2. The van der Waals surface area contributed by atoms with Crippen LogP contribution in [0.4, 0.5) is 14.5 Å². The summed E-state index contributed by atoms with van der Waals surface area (Å²) in [6.45, 7) is 0. The van der Waals surface area contributed by atoms with Crippen LogP contribution in [0.3, 0.4) is 0 Å². The smallest absolute Gasteiger partial charge is 0.307 e. The molecule has 1 aromatic heterocycles. The molecule has 0 fully saturated rings. The number of nitrogen functional groups attached to an aromatic ring is 1. The van der Waals surface area contributed by atoms with E-state index in [2.05, 4.69) is 0 Å². The Morgan fingerprint density at radius 2 is 1.69 bits per heavy atom.